The van der Waals surface area contributed by atoms with Crippen LogP contribution in [0.3, 0.4) is 0 Å². The number of anilines is 3. The van der Waals surface area contributed by atoms with Crippen LogP contribution in [0.1, 0.15) is 17.0 Å². The number of nitrogens with one attached hydrogen (secondary N) is 2. The van der Waals surface area contributed by atoms with Gasteiger partial charge in [-0.3, -0.25) is 4.72 Å². The molecule has 0 unspecified atom stereocenters. The lowest BCUT2D eigenvalue weighted by Gasteiger charge is -2.12. The number of aromatic nitrogens is 3. The normalized spacial score (nSPS) is 12.2. The van der Waals surface area contributed by atoms with E-state index in [1.807, 2.05) is 26.0 Å². The maximum Gasteiger partial charge on any atom is 0.416 e. The number of fused-ring (bicyclic) bond motifs is 1. The third-order valence-corrected chi connectivity index (χ3v) is 5.98. The Labute approximate surface area is 182 Å². The lowest BCUT2D eigenvalue weighted by Crippen LogP contribution is -2.13. The van der Waals surface area contributed by atoms with E-state index in [2.05, 4.69) is 20.1 Å². The number of hydrogen-bond acceptors (Lipinski definition) is 5. The monoisotopic (exact) mass is 461 g/mol. The van der Waals surface area contributed by atoms with E-state index in [9.17, 15) is 21.6 Å². The van der Waals surface area contributed by atoms with E-state index < -0.39 is 21.8 Å². The van der Waals surface area contributed by atoms with E-state index in [0.717, 1.165) is 35.7 Å². The Morgan fingerprint density at radius 3 is 2.12 bits per heavy atom. The van der Waals surface area contributed by atoms with Crippen LogP contribution < -0.4 is 10.0 Å². The van der Waals surface area contributed by atoms with Crippen molar-refractivity contribution in [3.05, 3.63) is 77.6 Å². The van der Waals surface area contributed by atoms with Gasteiger partial charge in [0.15, 0.2) is 5.65 Å². The van der Waals surface area contributed by atoms with Crippen molar-refractivity contribution in [3.63, 3.8) is 0 Å². The molecule has 0 aliphatic carbocycles. The number of nitrogens with zero attached hydrogens (tertiary/aromatic N) is 3. The molecule has 2 N–H and O–H groups in total. The second-order valence-corrected chi connectivity index (χ2v) is 8.85. The number of benzene rings is 2. The topological polar surface area (TPSA) is 88.4 Å². The highest BCUT2D eigenvalue weighted by molar-refractivity contribution is 7.92. The first kappa shape index (κ1) is 21.6. The molecule has 4 rings (SSSR count). The third-order valence-electron chi connectivity index (χ3n) is 4.58. The Morgan fingerprint density at radius 1 is 0.875 bits per heavy atom. The largest absolute Gasteiger partial charge is 0.416 e. The van der Waals surface area contributed by atoms with Crippen molar-refractivity contribution >= 4 is 32.9 Å². The molecule has 4 aromatic rings. The van der Waals surface area contributed by atoms with Crippen molar-refractivity contribution in [3.8, 4) is 0 Å². The lowest BCUT2D eigenvalue weighted by atomic mass is 10.2. The van der Waals surface area contributed by atoms with E-state index in [4.69, 9.17) is 0 Å². The zero-order chi connectivity index (χ0) is 23.1. The average molecular weight is 461 g/mol. The highest BCUT2D eigenvalue weighted by Gasteiger charge is 2.30. The number of aryl methyl sites for hydroxylation is 2. The van der Waals surface area contributed by atoms with Crippen LogP contribution >= 0.6 is 0 Å². The summed E-state index contributed by atoms with van der Waals surface area (Å²) in [6.45, 7) is 3.72. The molecule has 0 saturated carbocycles. The molecule has 0 aliphatic heterocycles. The fraction of sp³-hybridized carbons (Fsp3) is 0.143. The van der Waals surface area contributed by atoms with Crippen LogP contribution in [0.15, 0.2) is 65.6 Å². The molecule has 0 amide bonds. The second kappa shape index (κ2) is 7.83. The average Bonchev–Trinajstić information content (AvgIpc) is 3.08. The fourth-order valence-electron chi connectivity index (χ4n) is 3.11. The van der Waals surface area contributed by atoms with Crippen molar-refractivity contribution < 1.29 is 21.6 Å². The lowest BCUT2D eigenvalue weighted by molar-refractivity contribution is -0.137. The summed E-state index contributed by atoms with van der Waals surface area (Å²) in [5, 5.41) is 7.58. The Kier molecular flexibility index (Phi) is 5.29. The zero-order valence-electron chi connectivity index (χ0n) is 17.0. The molecular formula is C21H18F3N5O2S. The van der Waals surface area contributed by atoms with Gasteiger partial charge < -0.3 is 5.32 Å². The van der Waals surface area contributed by atoms with Gasteiger partial charge in [0.2, 0.25) is 0 Å². The van der Waals surface area contributed by atoms with Crippen LogP contribution in [0, 0.1) is 13.8 Å². The Balaban J connectivity index is 1.53. The van der Waals surface area contributed by atoms with Crippen LogP contribution in [0.5, 0.6) is 0 Å². The molecule has 0 bridgehead atoms. The summed E-state index contributed by atoms with van der Waals surface area (Å²) < 4.78 is 67.1. The molecule has 2 aromatic carbocycles. The minimum atomic E-state index is -4.49. The predicted molar refractivity (Wildman–Crippen MR) is 114 cm³/mol. The fourth-order valence-corrected chi connectivity index (χ4v) is 4.17. The summed E-state index contributed by atoms with van der Waals surface area (Å²) in [4.78, 5) is 4.38. The quantitative estimate of drug-likeness (QED) is 0.441. The van der Waals surface area contributed by atoms with Crippen molar-refractivity contribution in [2.45, 2.75) is 24.9 Å². The molecule has 2 heterocycles. The van der Waals surface area contributed by atoms with Crippen LogP contribution in [-0.4, -0.2) is 23.0 Å². The molecule has 0 saturated heterocycles. The standard InChI is InChI=1S/C21H18F3N5O2S/c1-13-11-20(29-19(25-13)12-14(2)27-29)26-16-7-9-18(10-8-16)32(30,31)28-17-5-3-15(4-6-17)21(22,23)24/h3-12,26,28H,1-2H3. The second-order valence-electron chi connectivity index (χ2n) is 7.17. The van der Waals surface area contributed by atoms with Gasteiger partial charge in [-0.15, -0.1) is 0 Å². The number of halogens is 3. The Morgan fingerprint density at radius 2 is 1.50 bits per heavy atom. The molecule has 0 atom stereocenters. The SMILES string of the molecule is Cc1cc(Nc2ccc(S(=O)(=O)Nc3ccc(C(F)(F)F)cc3)cc2)n2nc(C)cc2n1. The molecule has 0 aliphatic rings. The summed E-state index contributed by atoms with van der Waals surface area (Å²) in [5.74, 6) is 0.666. The number of alkyl halides is 3. The molecule has 11 heteroatoms. The minimum Gasteiger partial charge on any atom is -0.340 e. The van der Waals surface area contributed by atoms with Gasteiger partial charge in [-0.05, 0) is 62.4 Å². The first-order chi connectivity index (χ1) is 15.0. The zero-order valence-corrected chi connectivity index (χ0v) is 17.8. The highest BCUT2D eigenvalue weighted by Crippen LogP contribution is 2.30. The number of hydrogen-bond donors (Lipinski definition) is 2. The molecule has 2 aromatic heterocycles. The van der Waals surface area contributed by atoms with Crippen molar-refractivity contribution in [2.75, 3.05) is 10.0 Å². The first-order valence-corrected chi connectivity index (χ1v) is 10.9. The number of sulfonamides is 1. The highest BCUT2D eigenvalue weighted by atomic mass is 32.2. The van der Waals surface area contributed by atoms with Gasteiger partial charge in [-0.25, -0.2) is 13.4 Å². The van der Waals surface area contributed by atoms with Gasteiger partial charge in [0, 0.05) is 29.2 Å². The van der Waals surface area contributed by atoms with E-state index in [-0.39, 0.29) is 10.6 Å². The van der Waals surface area contributed by atoms with Crippen molar-refractivity contribution in [1.82, 2.24) is 14.6 Å². The van der Waals surface area contributed by atoms with Crippen LogP contribution in [0.25, 0.3) is 5.65 Å². The first-order valence-electron chi connectivity index (χ1n) is 9.42. The smallest absolute Gasteiger partial charge is 0.340 e. The summed E-state index contributed by atoms with van der Waals surface area (Å²) in [7, 11) is -3.98. The van der Waals surface area contributed by atoms with Crippen LogP contribution in [-0.2, 0) is 16.2 Å². The van der Waals surface area contributed by atoms with E-state index in [0.29, 0.717) is 17.2 Å². The van der Waals surface area contributed by atoms with Gasteiger partial charge in [0.1, 0.15) is 5.82 Å². The minimum absolute atomic E-state index is 0.0314. The summed E-state index contributed by atoms with van der Waals surface area (Å²) >= 11 is 0. The van der Waals surface area contributed by atoms with E-state index in [1.54, 1.807) is 16.6 Å². The molecule has 0 fully saturated rings. The van der Waals surface area contributed by atoms with E-state index in [1.165, 1.54) is 12.1 Å². The predicted octanol–water partition coefficient (Wildman–Crippen LogP) is 4.91. The van der Waals surface area contributed by atoms with Gasteiger partial charge in [0.25, 0.3) is 10.0 Å². The van der Waals surface area contributed by atoms with Gasteiger partial charge in [-0.1, -0.05) is 0 Å². The third kappa shape index (κ3) is 4.52. The molecule has 166 valence electrons. The van der Waals surface area contributed by atoms with Gasteiger partial charge in [-0.2, -0.15) is 22.8 Å². The van der Waals surface area contributed by atoms with Gasteiger partial charge >= 0.3 is 6.18 Å². The Hall–Kier alpha value is -3.60. The van der Waals surface area contributed by atoms with Crippen LogP contribution in [0.4, 0.5) is 30.4 Å². The maximum absolute atomic E-state index is 12.7. The summed E-state index contributed by atoms with van der Waals surface area (Å²) in [6.07, 6.45) is -4.49. The molecular weight excluding hydrogens is 443 g/mol. The molecule has 0 spiro atoms. The summed E-state index contributed by atoms with van der Waals surface area (Å²) in [6, 6.07) is 13.4. The molecule has 0 radical (unpaired) electrons. The number of rotatable bonds is 5. The molecule has 32 heavy (non-hydrogen) atoms. The van der Waals surface area contributed by atoms with Crippen LogP contribution in [0.2, 0.25) is 0 Å². The maximum atomic E-state index is 12.7. The summed E-state index contributed by atoms with van der Waals surface area (Å²) in [5.41, 5.74) is 2.08. The Bertz CT molecular complexity index is 1380. The van der Waals surface area contributed by atoms with E-state index >= 15 is 0 Å². The van der Waals surface area contributed by atoms with Gasteiger partial charge in [0.05, 0.1) is 16.2 Å². The van der Waals surface area contributed by atoms with Crippen molar-refractivity contribution in [2.24, 2.45) is 0 Å². The molecule has 7 nitrogen and oxygen atoms in total. The van der Waals surface area contributed by atoms with Crippen molar-refractivity contribution in [1.29, 1.82) is 0 Å².